The Hall–Kier alpha value is -1.26. The first-order valence-corrected chi connectivity index (χ1v) is 5.97. The zero-order chi connectivity index (χ0) is 12.4. The summed E-state index contributed by atoms with van der Waals surface area (Å²) in [6.45, 7) is 4.13. The number of rotatable bonds is 1. The number of amides is 1. The third-order valence-electron chi connectivity index (χ3n) is 2.84. The maximum absolute atomic E-state index is 12.2. The molecule has 0 bridgehead atoms. The predicted octanol–water partition coefficient (Wildman–Crippen LogP) is 1.48. The smallest absolute Gasteiger partial charge is 0.255 e. The number of carbonyl (C=O) groups excluding carboxylic acids is 1. The second-order valence-electron chi connectivity index (χ2n) is 4.27. The van der Waals surface area contributed by atoms with Gasteiger partial charge in [0.2, 0.25) is 0 Å². The topological polar surface area (TPSA) is 52.6 Å². The van der Waals surface area contributed by atoms with Crippen LogP contribution in [0.4, 0.5) is 0 Å². The van der Waals surface area contributed by atoms with Gasteiger partial charge in [-0.1, -0.05) is 11.6 Å². The minimum Gasteiger partial charge on any atom is -0.508 e. The maximum atomic E-state index is 12.2. The zero-order valence-corrected chi connectivity index (χ0v) is 10.4. The van der Waals surface area contributed by atoms with Gasteiger partial charge in [-0.3, -0.25) is 4.79 Å². The van der Waals surface area contributed by atoms with E-state index in [1.807, 2.05) is 6.92 Å². The molecule has 0 aliphatic carbocycles. The highest BCUT2D eigenvalue weighted by Crippen LogP contribution is 2.23. The van der Waals surface area contributed by atoms with Crippen molar-refractivity contribution in [3.05, 3.63) is 28.8 Å². The van der Waals surface area contributed by atoms with Gasteiger partial charge in [0.25, 0.3) is 5.91 Å². The van der Waals surface area contributed by atoms with Crippen LogP contribution in [0.1, 0.15) is 17.3 Å². The highest BCUT2D eigenvalue weighted by molar-refractivity contribution is 6.33. The molecule has 1 aliphatic heterocycles. The van der Waals surface area contributed by atoms with Crippen LogP contribution in [0.15, 0.2) is 18.2 Å². The lowest BCUT2D eigenvalue weighted by molar-refractivity contribution is 0.0709. The van der Waals surface area contributed by atoms with Gasteiger partial charge in [0.1, 0.15) is 5.75 Å². The van der Waals surface area contributed by atoms with Crippen LogP contribution >= 0.6 is 11.6 Å². The third-order valence-corrected chi connectivity index (χ3v) is 3.17. The van der Waals surface area contributed by atoms with Crippen LogP contribution in [0, 0.1) is 0 Å². The predicted molar refractivity (Wildman–Crippen MR) is 66.5 cm³/mol. The summed E-state index contributed by atoms with van der Waals surface area (Å²) in [5.74, 6) is -0.0693. The molecule has 5 heteroatoms. The molecule has 2 rings (SSSR count). The Morgan fingerprint density at radius 1 is 1.59 bits per heavy atom. The van der Waals surface area contributed by atoms with Crippen molar-refractivity contribution in [3.8, 4) is 5.75 Å². The van der Waals surface area contributed by atoms with Crippen molar-refractivity contribution in [1.29, 1.82) is 0 Å². The lowest BCUT2D eigenvalue weighted by Gasteiger charge is -2.32. The zero-order valence-electron chi connectivity index (χ0n) is 9.61. The molecule has 0 saturated carbocycles. The Bertz CT molecular complexity index is 437. The number of aromatic hydroxyl groups is 1. The summed E-state index contributed by atoms with van der Waals surface area (Å²) >= 11 is 5.97. The Balaban J connectivity index is 2.21. The van der Waals surface area contributed by atoms with Crippen molar-refractivity contribution in [3.63, 3.8) is 0 Å². The molecule has 1 amide bonds. The van der Waals surface area contributed by atoms with Crippen LogP contribution in [-0.2, 0) is 0 Å². The average molecular weight is 255 g/mol. The molecule has 1 atom stereocenters. The Morgan fingerprint density at radius 2 is 2.35 bits per heavy atom. The van der Waals surface area contributed by atoms with Crippen LogP contribution < -0.4 is 5.32 Å². The fraction of sp³-hybridized carbons (Fsp3) is 0.417. The largest absolute Gasteiger partial charge is 0.508 e. The van der Waals surface area contributed by atoms with Crippen molar-refractivity contribution in [2.75, 3.05) is 19.6 Å². The molecule has 0 aromatic heterocycles. The Kier molecular flexibility index (Phi) is 3.54. The van der Waals surface area contributed by atoms with Gasteiger partial charge in [0, 0.05) is 25.7 Å². The fourth-order valence-corrected chi connectivity index (χ4v) is 2.16. The second-order valence-corrected chi connectivity index (χ2v) is 4.68. The summed E-state index contributed by atoms with van der Waals surface area (Å²) < 4.78 is 0. The molecule has 1 aromatic carbocycles. The monoisotopic (exact) mass is 254 g/mol. The van der Waals surface area contributed by atoms with Crippen LogP contribution in [0.25, 0.3) is 0 Å². The molecule has 1 aliphatic rings. The van der Waals surface area contributed by atoms with Gasteiger partial charge in [-0.05, 0) is 25.1 Å². The molecule has 4 nitrogen and oxygen atoms in total. The highest BCUT2D eigenvalue weighted by Gasteiger charge is 2.23. The van der Waals surface area contributed by atoms with Crippen molar-refractivity contribution in [2.24, 2.45) is 0 Å². The molecule has 2 N–H and O–H groups in total. The van der Waals surface area contributed by atoms with Gasteiger partial charge in [-0.2, -0.15) is 0 Å². The number of piperazine rings is 1. The van der Waals surface area contributed by atoms with Crippen LogP contribution in [0.2, 0.25) is 5.02 Å². The van der Waals surface area contributed by atoms with E-state index in [0.717, 1.165) is 6.54 Å². The quantitative estimate of drug-likeness (QED) is 0.798. The van der Waals surface area contributed by atoms with Crippen LogP contribution in [0.3, 0.4) is 0 Å². The van der Waals surface area contributed by atoms with Crippen LogP contribution in [0.5, 0.6) is 5.75 Å². The van der Waals surface area contributed by atoms with Crippen molar-refractivity contribution >= 4 is 17.5 Å². The molecule has 1 saturated heterocycles. The summed E-state index contributed by atoms with van der Waals surface area (Å²) in [7, 11) is 0. The molecule has 1 heterocycles. The number of halogens is 1. The summed E-state index contributed by atoms with van der Waals surface area (Å²) in [4.78, 5) is 14.0. The first-order chi connectivity index (χ1) is 8.08. The van der Waals surface area contributed by atoms with Crippen molar-refractivity contribution < 1.29 is 9.90 Å². The van der Waals surface area contributed by atoms with E-state index < -0.39 is 0 Å². The maximum Gasteiger partial charge on any atom is 0.255 e. The van der Waals surface area contributed by atoms with E-state index in [2.05, 4.69) is 5.32 Å². The van der Waals surface area contributed by atoms with E-state index in [0.29, 0.717) is 23.7 Å². The standard InChI is InChI=1S/C12H15ClN2O2/c1-8-7-15(5-4-14-8)12(17)10-6-9(16)2-3-11(10)13/h2-3,6,8,14,16H,4-5,7H2,1H3/t8-/m0/s1. The van der Waals surface area contributed by atoms with Gasteiger partial charge < -0.3 is 15.3 Å². The fourth-order valence-electron chi connectivity index (χ4n) is 1.96. The van der Waals surface area contributed by atoms with E-state index in [9.17, 15) is 9.90 Å². The number of nitrogens with one attached hydrogen (secondary N) is 1. The van der Waals surface area contributed by atoms with E-state index in [-0.39, 0.29) is 17.7 Å². The van der Waals surface area contributed by atoms with E-state index in [1.165, 1.54) is 18.2 Å². The molecule has 1 fully saturated rings. The van der Waals surface area contributed by atoms with E-state index >= 15 is 0 Å². The van der Waals surface area contributed by atoms with E-state index in [1.54, 1.807) is 4.90 Å². The molecule has 17 heavy (non-hydrogen) atoms. The summed E-state index contributed by atoms with van der Waals surface area (Å²) in [6, 6.07) is 4.70. The minimum absolute atomic E-state index is 0.0564. The number of nitrogens with zero attached hydrogens (tertiary/aromatic N) is 1. The minimum atomic E-state index is -0.126. The molecule has 0 unspecified atom stereocenters. The number of benzene rings is 1. The van der Waals surface area contributed by atoms with Gasteiger partial charge in [0.05, 0.1) is 10.6 Å². The first kappa shape index (κ1) is 12.2. The summed E-state index contributed by atoms with van der Waals surface area (Å²) in [5.41, 5.74) is 0.362. The first-order valence-electron chi connectivity index (χ1n) is 5.59. The van der Waals surface area contributed by atoms with E-state index in [4.69, 9.17) is 11.6 Å². The average Bonchev–Trinajstić information content (AvgIpc) is 2.31. The second kappa shape index (κ2) is 4.94. The molecule has 92 valence electrons. The van der Waals surface area contributed by atoms with Crippen molar-refractivity contribution in [2.45, 2.75) is 13.0 Å². The van der Waals surface area contributed by atoms with Crippen LogP contribution in [-0.4, -0.2) is 41.6 Å². The number of hydrogen-bond donors (Lipinski definition) is 2. The van der Waals surface area contributed by atoms with Crippen molar-refractivity contribution in [1.82, 2.24) is 10.2 Å². The Morgan fingerprint density at radius 3 is 3.06 bits per heavy atom. The molecular formula is C12H15ClN2O2. The third kappa shape index (κ3) is 2.70. The number of phenolic OH excluding ortho intramolecular Hbond substituents is 1. The lowest BCUT2D eigenvalue weighted by Crippen LogP contribution is -2.51. The number of phenols is 1. The van der Waals surface area contributed by atoms with Gasteiger partial charge in [-0.15, -0.1) is 0 Å². The summed E-state index contributed by atoms with van der Waals surface area (Å²) in [5, 5.41) is 13.0. The lowest BCUT2D eigenvalue weighted by atomic mass is 10.1. The molecule has 1 aromatic rings. The molecule has 0 radical (unpaired) electrons. The highest BCUT2D eigenvalue weighted by atomic mass is 35.5. The summed E-state index contributed by atoms with van der Waals surface area (Å²) in [6.07, 6.45) is 0. The number of hydrogen-bond acceptors (Lipinski definition) is 3. The molecule has 0 spiro atoms. The van der Waals surface area contributed by atoms with Gasteiger partial charge in [0.15, 0.2) is 0 Å². The molecular weight excluding hydrogens is 240 g/mol. The number of carbonyl (C=O) groups is 1. The normalized spacial score (nSPS) is 20.4. The van der Waals surface area contributed by atoms with Gasteiger partial charge >= 0.3 is 0 Å². The Labute approximate surface area is 105 Å². The van der Waals surface area contributed by atoms with Gasteiger partial charge in [-0.25, -0.2) is 0 Å². The SMILES string of the molecule is C[C@H]1CN(C(=O)c2cc(O)ccc2Cl)CCN1.